The summed E-state index contributed by atoms with van der Waals surface area (Å²) in [5.74, 6) is 0.632. The maximum Gasteiger partial charge on any atom is 0.163 e. The number of nitrogens with zero attached hydrogens (tertiary/aromatic N) is 2. The minimum absolute atomic E-state index is 0.383. The summed E-state index contributed by atoms with van der Waals surface area (Å²) < 4.78 is 6.58. The molecule has 0 amide bonds. The van der Waals surface area contributed by atoms with Crippen molar-refractivity contribution in [2.45, 2.75) is 38.2 Å². The Morgan fingerprint density at radius 2 is 1.76 bits per heavy atom. The summed E-state index contributed by atoms with van der Waals surface area (Å²) in [5.41, 5.74) is -0.383. The van der Waals surface area contributed by atoms with Gasteiger partial charge in [-0.2, -0.15) is 0 Å². The minimum atomic E-state index is -0.383. The third-order valence-corrected chi connectivity index (χ3v) is 5.22. The van der Waals surface area contributed by atoms with Crippen molar-refractivity contribution in [2.75, 3.05) is 6.61 Å². The Balaban J connectivity index is 2.43. The lowest BCUT2D eigenvalue weighted by Crippen LogP contribution is -2.29. The summed E-state index contributed by atoms with van der Waals surface area (Å²) in [6, 6.07) is 0. The first-order chi connectivity index (χ1) is 8.09. The quantitative estimate of drug-likeness (QED) is 0.577. The first-order valence-electron chi connectivity index (χ1n) is 5.62. The van der Waals surface area contributed by atoms with Crippen molar-refractivity contribution in [3.8, 4) is 0 Å². The molecular weight excluding hydrogens is 374 g/mol. The van der Waals surface area contributed by atoms with Gasteiger partial charge in [0.15, 0.2) is 5.82 Å². The van der Waals surface area contributed by atoms with E-state index in [1.54, 1.807) is 0 Å². The van der Waals surface area contributed by atoms with Crippen LogP contribution in [0.3, 0.4) is 0 Å². The molecule has 0 N–H and O–H groups in total. The van der Waals surface area contributed by atoms with Gasteiger partial charge < -0.3 is 4.74 Å². The number of halogens is 3. The molecule has 1 heterocycles. The fraction of sp³-hybridized carbons (Fsp3) is 0.636. The maximum absolute atomic E-state index is 6.06. The number of hydrogen-bond donors (Lipinski definition) is 0. The smallest absolute Gasteiger partial charge is 0.163 e. The Labute approximate surface area is 124 Å². The van der Waals surface area contributed by atoms with Crippen LogP contribution in [0.1, 0.15) is 38.4 Å². The van der Waals surface area contributed by atoms with E-state index in [9.17, 15) is 0 Å². The van der Waals surface area contributed by atoms with Crippen LogP contribution >= 0.6 is 45.8 Å². The molecule has 17 heavy (non-hydrogen) atoms. The summed E-state index contributed by atoms with van der Waals surface area (Å²) in [4.78, 5) is 8.69. The molecule has 3 nitrogen and oxygen atoms in total. The summed E-state index contributed by atoms with van der Waals surface area (Å²) >= 11 is 14.2. The van der Waals surface area contributed by atoms with E-state index in [-0.39, 0.29) is 5.60 Å². The Kier molecular flexibility index (Phi) is 4.50. The van der Waals surface area contributed by atoms with Gasteiger partial charge in [0.05, 0.1) is 3.57 Å². The van der Waals surface area contributed by atoms with Crippen LogP contribution in [0.5, 0.6) is 0 Å². The average Bonchev–Trinajstić information content (AvgIpc) is 2.75. The van der Waals surface area contributed by atoms with Gasteiger partial charge in [-0.1, -0.05) is 23.2 Å². The van der Waals surface area contributed by atoms with Gasteiger partial charge in [-0.05, 0) is 55.2 Å². The SMILES string of the molecule is CCOC1(c2nc(Cl)c(I)c(Cl)n2)CCCC1. The molecule has 0 unspecified atom stereocenters. The van der Waals surface area contributed by atoms with Gasteiger partial charge in [0, 0.05) is 6.61 Å². The molecular formula is C11H13Cl2IN2O. The fourth-order valence-corrected chi connectivity index (χ4v) is 2.88. The lowest BCUT2D eigenvalue weighted by molar-refractivity contribution is -0.0457. The molecule has 0 saturated heterocycles. The van der Waals surface area contributed by atoms with Crippen LogP contribution < -0.4 is 0 Å². The van der Waals surface area contributed by atoms with Crippen LogP contribution in [-0.4, -0.2) is 16.6 Å². The number of rotatable bonds is 3. The largest absolute Gasteiger partial charge is 0.367 e. The molecule has 1 aromatic rings. The lowest BCUT2D eigenvalue weighted by Gasteiger charge is -2.27. The zero-order chi connectivity index (χ0) is 12.5. The van der Waals surface area contributed by atoms with E-state index in [0.717, 1.165) is 25.7 Å². The highest BCUT2D eigenvalue weighted by molar-refractivity contribution is 14.1. The van der Waals surface area contributed by atoms with Crippen molar-refractivity contribution >= 4 is 45.8 Å². The van der Waals surface area contributed by atoms with Crippen molar-refractivity contribution in [2.24, 2.45) is 0 Å². The number of hydrogen-bond acceptors (Lipinski definition) is 3. The molecule has 0 bridgehead atoms. The predicted molar refractivity (Wildman–Crippen MR) is 76.5 cm³/mol. The van der Waals surface area contributed by atoms with Gasteiger partial charge in [0.25, 0.3) is 0 Å². The zero-order valence-electron chi connectivity index (χ0n) is 9.47. The average molecular weight is 387 g/mol. The monoisotopic (exact) mass is 386 g/mol. The summed E-state index contributed by atoms with van der Waals surface area (Å²) in [7, 11) is 0. The minimum Gasteiger partial charge on any atom is -0.367 e. The summed E-state index contributed by atoms with van der Waals surface area (Å²) in [6.07, 6.45) is 4.14. The lowest BCUT2D eigenvalue weighted by atomic mass is 10.0. The normalized spacial score (nSPS) is 18.6. The molecule has 1 fully saturated rings. The third kappa shape index (κ3) is 2.69. The molecule has 0 atom stereocenters. The molecule has 1 aliphatic rings. The van der Waals surface area contributed by atoms with E-state index in [4.69, 9.17) is 27.9 Å². The van der Waals surface area contributed by atoms with Gasteiger partial charge >= 0.3 is 0 Å². The molecule has 0 aromatic carbocycles. The third-order valence-electron chi connectivity index (χ3n) is 3.01. The maximum atomic E-state index is 6.06. The van der Waals surface area contributed by atoms with Crippen molar-refractivity contribution in [1.29, 1.82) is 0 Å². The van der Waals surface area contributed by atoms with Gasteiger partial charge in [-0.15, -0.1) is 0 Å². The molecule has 1 aliphatic carbocycles. The Bertz CT molecular complexity index is 399. The van der Waals surface area contributed by atoms with Crippen LogP contribution in [0.25, 0.3) is 0 Å². The van der Waals surface area contributed by atoms with Gasteiger partial charge in [-0.3, -0.25) is 0 Å². The first kappa shape index (κ1) is 13.8. The van der Waals surface area contributed by atoms with Crippen molar-refractivity contribution < 1.29 is 4.74 Å². The van der Waals surface area contributed by atoms with Gasteiger partial charge in [0.2, 0.25) is 0 Å². The van der Waals surface area contributed by atoms with E-state index in [2.05, 4.69) is 9.97 Å². The molecule has 0 aliphatic heterocycles. The van der Waals surface area contributed by atoms with E-state index >= 15 is 0 Å². The summed E-state index contributed by atoms with van der Waals surface area (Å²) in [6.45, 7) is 2.63. The molecule has 0 spiro atoms. The van der Waals surface area contributed by atoms with Crippen LogP contribution in [-0.2, 0) is 10.3 Å². The van der Waals surface area contributed by atoms with Crippen LogP contribution in [0.15, 0.2) is 0 Å². The van der Waals surface area contributed by atoms with Gasteiger partial charge in [-0.25, -0.2) is 9.97 Å². The Hall–Kier alpha value is 0.350. The second kappa shape index (κ2) is 5.55. The highest BCUT2D eigenvalue weighted by atomic mass is 127. The van der Waals surface area contributed by atoms with Gasteiger partial charge in [0.1, 0.15) is 15.9 Å². The van der Waals surface area contributed by atoms with E-state index < -0.39 is 0 Å². The van der Waals surface area contributed by atoms with E-state index in [1.807, 2.05) is 29.5 Å². The highest BCUT2D eigenvalue weighted by Gasteiger charge is 2.39. The van der Waals surface area contributed by atoms with Crippen LogP contribution in [0, 0.1) is 3.57 Å². The number of aromatic nitrogens is 2. The second-order valence-electron chi connectivity index (χ2n) is 4.08. The van der Waals surface area contributed by atoms with Crippen LogP contribution in [0.4, 0.5) is 0 Å². The second-order valence-corrected chi connectivity index (χ2v) is 5.87. The topological polar surface area (TPSA) is 35.0 Å². The standard InChI is InChI=1S/C11H13Cl2IN2O/c1-2-17-11(5-3-4-6-11)10-15-8(12)7(14)9(13)16-10/h2-6H2,1H3. The van der Waals surface area contributed by atoms with Crippen molar-refractivity contribution in [3.05, 3.63) is 19.7 Å². The molecule has 6 heteroatoms. The molecule has 94 valence electrons. The Morgan fingerprint density at radius 3 is 2.24 bits per heavy atom. The van der Waals surface area contributed by atoms with Crippen molar-refractivity contribution in [1.82, 2.24) is 9.97 Å². The van der Waals surface area contributed by atoms with E-state index in [0.29, 0.717) is 26.3 Å². The molecule has 0 radical (unpaired) electrons. The first-order valence-corrected chi connectivity index (χ1v) is 7.45. The molecule has 2 rings (SSSR count). The predicted octanol–water partition coefficient (Wildman–Crippen LogP) is 4.19. The Morgan fingerprint density at radius 1 is 1.24 bits per heavy atom. The summed E-state index contributed by atoms with van der Waals surface area (Å²) in [5, 5.41) is 0.818. The number of ether oxygens (including phenoxy) is 1. The van der Waals surface area contributed by atoms with Crippen LogP contribution in [0.2, 0.25) is 10.3 Å². The fourth-order valence-electron chi connectivity index (χ4n) is 2.25. The zero-order valence-corrected chi connectivity index (χ0v) is 13.1. The molecule has 1 saturated carbocycles. The van der Waals surface area contributed by atoms with Crippen molar-refractivity contribution in [3.63, 3.8) is 0 Å². The highest BCUT2D eigenvalue weighted by Crippen LogP contribution is 2.41. The molecule has 1 aromatic heterocycles. The van der Waals surface area contributed by atoms with E-state index in [1.165, 1.54) is 0 Å².